The number of benzene rings is 1. The lowest BCUT2D eigenvalue weighted by Gasteiger charge is -1.98. The van der Waals surface area contributed by atoms with Gasteiger partial charge >= 0.3 is 0 Å². The second kappa shape index (κ2) is 5.75. The molecule has 0 spiro atoms. The molecule has 0 saturated carbocycles. The van der Waals surface area contributed by atoms with Crippen molar-refractivity contribution in [3.8, 4) is 10.4 Å². The van der Waals surface area contributed by atoms with Crippen LogP contribution in [0.15, 0.2) is 36.4 Å². The molecule has 21 heavy (non-hydrogen) atoms. The lowest BCUT2D eigenvalue weighted by Crippen LogP contribution is -2.09. The van der Waals surface area contributed by atoms with Crippen LogP contribution >= 0.6 is 22.9 Å². The summed E-state index contributed by atoms with van der Waals surface area (Å²) >= 11 is 2.68. The minimum absolute atomic E-state index is 0.138. The van der Waals surface area contributed by atoms with Crippen LogP contribution in [0.25, 0.3) is 10.4 Å². The normalized spacial score (nSPS) is 10.6. The van der Waals surface area contributed by atoms with Crippen LogP contribution in [0.4, 0.5) is 5.13 Å². The predicted octanol–water partition coefficient (Wildman–Crippen LogP) is 4.14. The van der Waals surface area contributed by atoms with Crippen molar-refractivity contribution < 1.29 is 4.79 Å². The standard InChI is InChI=1S/C15H13N3OS2/c1-9-8-12(14(19)17-15-16-10(2)18-21-15)20-13(9)11-6-4-3-5-7-11/h3-8H,1-2H3,(H,16,17,18,19). The number of carbonyl (C=O) groups is 1. The summed E-state index contributed by atoms with van der Waals surface area (Å²) in [5.74, 6) is 0.532. The largest absolute Gasteiger partial charge is 0.296 e. The third kappa shape index (κ3) is 3.01. The highest BCUT2D eigenvalue weighted by Crippen LogP contribution is 2.32. The van der Waals surface area contributed by atoms with E-state index in [0.717, 1.165) is 16.0 Å². The van der Waals surface area contributed by atoms with Gasteiger partial charge in [0, 0.05) is 16.4 Å². The highest BCUT2D eigenvalue weighted by atomic mass is 32.1. The Balaban J connectivity index is 1.85. The van der Waals surface area contributed by atoms with Crippen LogP contribution in [0.2, 0.25) is 0 Å². The number of hydrogen-bond acceptors (Lipinski definition) is 5. The molecule has 1 aromatic carbocycles. The first-order valence-corrected chi connectivity index (χ1v) is 8.00. The minimum Gasteiger partial charge on any atom is -0.296 e. The van der Waals surface area contributed by atoms with E-state index in [1.165, 1.54) is 22.9 Å². The van der Waals surface area contributed by atoms with Gasteiger partial charge in [0.15, 0.2) is 0 Å². The van der Waals surface area contributed by atoms with Gasteiger partial charge in [0.25, 0.3) is 5.91 Å². The molecule has 3 rings (SSSR count). The first-order chi connectivity index (χ1) is 10.1. The van der Waals surface area contributed by atoms with E-state index in [0.29, 0.717) is 15.8 Å². The molecule has 1 amide bonds. The van der Waals surface area contributed by atoms with E-state index >= 15 is 0 Å². The molecule has 2 heterocycles. The number of carbonyl (C=O) groups excluding carboxylic acids is 1. The second-order valence-electron chi connectivity index (χ2n) is 4.59. The van der Waals surface area contributed by atoms with E-state index in [1.54, 1.807) is 6.92 Å². The quantitative estimate of drug-likeness (QED) is 0.790. The maximum atomic E-state index is 12.3. The van der Waals surface area contributed by atoms with Crippen molar-refractivity contribution >= 4 is 33.9 Å². The lowest BCUT2D eigenvalue weighted by molar-refractivity contribution is 0.103. The molecule has 0 aliphatic rings. The molecule has 1 N–H and O–H groups in total. The summed E-state index contributed by atoms with van der Waals surface area (Å²) in [5, 5.41) is 3.32. The Kier molecular flexibility index (Phi) is 3.81. The molecule has 0 aliphatic carbocycles. The molecule has 0 atom stereocenters. The maximum Gasteiger partial charge on any atom is 0.267 e. The van der Waals surface area contributed by atoms with E-state index in [9.17, 15) is 4.79 Å². The summed E-state index contributed by atoms with van der Waals surface area (Å²) in [6, 6.07) is 12.0. The van der Waals surface area contributed by atoms with Crippen LogP contribution < -0.4 is 5.32 Å². The van der Waals surface area contributed by atoms with Gasteiger partial charge in [-0.2, -0.15) is 4.37 Å². The van der Waals surface area contributed by atoms with E-state index in [-0.39, 0.29) is 5.91 Å². The number of hydrogen-bond donors (Lipinski definition) is 1. The van der Waals surface area contributed by atoms with Crippen LogP contribution in [0.3, 0.4) is 0 Å². The summed E-state index contributed by atoms with van der Waals surface area (Å²) in [5.41, 5.74) is 2.23. The number of aromatic nitrogens is 2. The summed E-state index contributed by atoms with van der Waals surface area (Å²) in [6.07, 6.45) is 0. The third-order valence-corrected chi connectivity index (χ3v) is 4.93. The van der Waals surface area contributed by atoms with E-state index in [2.05, 4.69) is 26.8 Å². The molecule has 0 bridgehead atoms. The zero-order valence-corrected chi connectivity index (χ0v) is 13.2. The molecule has 2 aromatic heterocycles. The Morgan fingerprint density at radius 1 is 1.19 bits per heavy atom. The fourth-order valence-electron chi connectivity index (χ4n) is 1.98. The van der Waals surface area contributed by atoms with Gasteiger partial charge in [0.05, 0.1) is 4.88 Å². The summed E-state index contributed by atoms with van der Waals surface area (Å²) in [4.78, 5) is 18.2. The van der Waals surface area contributed by atoms with Gasteiger partial charge in [-0.15, -0.1) is 11.3 Å². The van der Waals surface area contributed by atoms with Gasteiger partial charge < -0.3 is 0 Å². The summed E-state index contributed by atoms with van der Waals surface area (Å²) < 4.78 is 4.05. The van der Waals surface area contributed by atoms with Gasteiger partial charge in [0.1, 0.15) is 5.82 Å². The van der Waals surface area contributed by atoms with Crippen LogP contribution in [-0.4, -0.2) is 15.3 Å². The topological polar surface area (TPSA) is 54.9 Å². The van der Waals surface area contributed by atoms with Crippen LogP contribution in [0.1, 0.15) is 21.1 Å². The SMILES string of the molecule is Cc1nsc(NC(=O)c2cc(C)c(-c3ccccc3)s2)n1. The first kappa shape index (κ1) is 13.9. The Morgan fingerprint density at radius 2 is 1.95 bits per heavy atom. The number of nitrogens with zero attached hydrogens (tertiary/aromatic N) is 2. The van der Waals surface area contributed by atoms with E-state index in [1.807, 2.05) is 31.2 Å². The van der Waals surface area contributed by atoms with Crippen molar-refractivity contribution in [1.82, 2.24) is 9.36 Å². The van der Waals surface area contributed by atoms with Crippen molar-refractivity contribution in [2.75, 3.05) is 5.32 Å². The fourth-order valence-corrected chi connectivity index (χ4v) is 3.62. The molecule has 0 aliphatic heterocycles. The van der Waals surface area contributed by atoms with Crippen molar-refractivity contribution in [3.63, 3.8) is 0 Å². The zero-order chi connectivity index (χ0) is 14.8. The summed E-state index contributed by atoms with van der Waals surface area (Å²) in [6.45, 7) is 3.82. The second-order valence-corrected chi connectivity index (χ2v) is 6.39. The monoisotopic (exact) mass is 315 g/mol. The Hall–Kier alpha value is -2.05. The molecule has 0 unspecified atom stereocenters. The van der Waals surface area contributed by atoms with Gasteiger partial charge in [-0.1, -0.05) is 30.3 Å². The third-order valence-electron chi connectivity index (χ3n) is 2.93. The van der Waals surface area contributed by atoms with E-state index in [4.69, 9.17) is 0 Å². The van der Waals surface area contributed by atoms with Crippen LogP contribution in [-0.2, 0) is 0 Å². The minimum atomic E-state index is -0.138. The Bertz CT molecular complexity index is 777. The molecule has 106 valence electrons. The predicted molar refractivity (Wildman–Crippen MR) is 87.1 cm³/mol. The van der Waals surface area contributed by atoms with Gasteiger partial charge in [-0.05, 0) is 31.0 Å². The van der Waals surface area contributed by atoms with Crippen molar-refractivity contribution in [2.45, 2.75) is 13.8 Å². The maximum absolute atomic E-state index is 12.3. The van der Waals surface area contributed by atoms with Crippen molar-refractivity contribution in [2.24, 2.45) is 0 Å². The number of amides is 1. The lowest BCUT2D eigenvalue weighted by atomic mass is 10.1. The summed E-state index contributed by atoms with van der Waals surface area (Å²) in [7, 11) is 0. The van der Waals surface area contributed by atoms with Crippen molar-refractivity contribution in [3.05, 3.63) is 52.7 Å². The molecule has 0 fully saturated rings. The number of thiophene rings is 1. The molecular formula is C15H13N3OS2. The van der Waals surface area contributed by atoms with Gasteiger partial charge in [0.2, 0.25) is 5.13 Å². The van der Waals surface area contributed by atoms with Crippen molar-refractivity contribution in [1.29, 1.82) is 0 Å². The number of aryl methyl sites for hydroxylation is 2. The fraction of sp³-hybridized carbons (Fsp3) is 0.133. The highest BCUT2D eigenvalue weighted by Gasteiger charge is 2.15. The molecule has 3 aromatic rings. The van der Waals surface area contributed by atoms with Crippen LogP contribution in [0.5, 0.6) is 0 Å². The average Bonchev–Trinajstić information content (AvgIpc) is 3.06. The Morgan fingerprint density at radius 3 is 2.62 bits per heavy atom. The highest BCUT2D eigenvalue weighted by molar-refractivity contribution is 7.17. The average molecular weight is 315 g/mol. The van der Waals surface area contributed by atoms with Crippen LogP contribution in [0, 0.1) is 13.8 Å². The molecule has 6 heteroatoms. The zero-order valence-electron chi connectivity index (χ0n) is 11.6. The molecular weight excluding hydrogens is 302 g/mol. The number of rotatable bonds is 3. The smallest absolute Gasteiger partial charge is 0.267 e. The number of nitrogens with one attached hydrogen (secondary N) is 1. The Labute approximate surface area is 130 Å². The molecule has 0 saturated heterocycles. The molecule has 4 nitrogen and oxygen atoms in total. The first-order valence-electron chi connectivity index (χ1n) is 6.41. The van der Waals surface area contributed by atoms with Gasteiger partial charge in [-0.3, -0.25) is 10.1 Å². The van der Waals surface area contributed by atoms with E-state index < -0.39 is 0 Å². The molecule has 0 radical (unpaired) electrons. The number of anilines is 1. The van der Waals surface area contributed by atoms with Gasteiger partial charge in [-0.25, -0.2) is 4.98 Å².